The molecule has 0 aliphatic carbocycles. The molecule has 1 rings (SSSR count). The van der Waals surface area contributed by atoms with Gasteiger partial charge in [-0.15, -0.1) is 6.58 Å². The highest BCUT2D eigenvalue weighted by atomic mass is 16.4. The number of nitrogens with one attached hydrogen (secondary N) is 1. The Balaban J connectivity index is 2.59. The number of aliphatic carboxylic acids is 1. The number of carbonyl (C=O) groups is 3. The van der Waals surface area contributed by atoms with Gasteiger partial charge in [-0.2, -0.15) is 0 Å². The number of urea groups is 1. The molecule has 2 N–H and O–H groups in total. The summed E-state index contributed by atoms with van der Waals surface area (Å²) in [7, 11) is 0. The highest BCUT2D eigenvalue weighted by molar-refractivity contribution is 6.06. The Morgan fingerprint density at radius 3 is 2.58 bits per heavy atom. The van der Waals surface area contributed by atoms with E-state index in [-0.39, 0.29) is 19.0 Å². The van der Waals surface area contributed by atoms with Gasteiger partial charge in [0, 0.05) is 19.6 Å². The monoisotopic (exact) mass is 269 g/mol. The Bertz CT molecular complexity index is 406. The van der Waals surface area contributed by atoms with Crippen LogP contribution in [0.1, 0.15) is 13.8 Å². The van der Waals surface area contributed by atoms with Crippen molar-refractivity contribution in [1.82, 2.24) is 15.1 Å². The molecule has 0 spiro atoms. The molecule has 3 amide bonds. The molecule has 0 aromatic carbocycles. The Morgan fingerprint density at radius 1 is 1.53 bits per heavy atom. The molecule has 0 bridgehead atoms. The predicted molar refractivity (Wildman–Crippen MR) is 68.6 cm³/mol. The van der Waals surface area contributed by atoms with Gasteiger partial charge in [-0.05, 0) is 13.8 Å². The summed E-state index contributed by atoms with van der Waals surface area (Å²) in [5.74, 6) is -1.26. The summed E-state index contributed by atoms with van der Waals surface area (Å²) < 4.78 is 0. The molecule has 0 aromatic heterocycles. The number of nitrogens with zero attached hydrogens (tertiary/aromatic N) is 2. The van der Waals surface area contributed by atoms with Gasteiger partial charge in [-0.1, -0.05) is 6.08 Å². The quantitative estimate of drug-likeness (QED) is 0.497. The van der Waals surface area contributed by atoms with Crippen molar-refractivity contribution in [2.45, 2.75) is 19.4 Å². The number of amides is 3. The summed E-state index contributed by atoms with van der Waals surface area (Å²) in [6.07, 6.45) is 1.58. The van der Waals surface area contributed by atoms with Crippen LogP contribution in [-0.2, 0) is 9.59 Å². The fraction of sp³-hybridized carbons (Fsp3) is 0.583. The van der Waals surface area contributed by atoms with Gasteiger partial charge in [0.05, 0.1) is 6.54 Å². The van der Waals surface area contributed by atoms with Crippen LogP contribution in [0.25, 0.3) is 0 Å². The number of imide groups is 1. The molecular formula is C12H19N3O4. The van der Waals surface area contributed by atoms with E-state index in [2.05, 4.69) is 11.9 Å². The first-order valence-electron chi connectivity index (χ1n) is 5.97. The molecule has 0 saturated carbocycles. The molecule has 0 atom stereocenters. The second-order valence-corrected chi connectivity index (χ2v) is 4.93. The van der Waals surface area contributed by atoms with Crippen LogP contribution >= 0.6 is 0 Å². The van der Waals surface area contributed by atoms with Crippen molar-refractivity contribution in [2.24, 2.45) is 0 Å². The lowest BCUT2D eigenvalue weighted by molar-refractivity contribution is -0.138. The minimum absolute atomic E-state index is 0.154. The molecular weight excluding hydrogens is 250 g/mol. The first-order valence-corrected chi connectivity index (χ1v) is 5.97. The van der Waals surface area contributed by atoms with Crippen molar-refractivity contribution in [2.75, 3.05) is 26.2 Å². The smallest absolute Gasteiger partial charge is 0.325 e. The Kier molecular flexibility index (Phi) is 4.66. The molecule has 106 valence electrons. The molecule has 0 radical (unpaired) electrons. The van der Waals surface area contributed by atoms with E-state index in [1.807, 2.05) is 0 Å². The van der Waals surface area contributed by atoms with Gasteiger partial charge in [0.1, 0.15) is 5.54 Å². The summed E-state index contributed by atoms with van der Waals surface area (Å²) in [6, 6.07) is -0.441. The largest absolute Gasteiger partial charge is 0.480 e. The van der Waals surface area contributed by atoms with Crippen LogP contribution in [0.5, 0.6) is 0 Å². The Hall–Kier alpha value is -1.89. The third kappa shape index (κ3) is 3.78. The number of hydrogen-bond donors (Lipinski definition) is 2. The molecule has 0 aromatic rings. The van der Waals surface area contributed by atoms with E-state index in [1.54, 1.807) is 24.8 Å². The van der Waals surface area contributed by atoms with Gasteiger partial charge >= 0.3 is 12.0 Å². The van der Waals surface area contributed by atoms with Crippen LogP contribution < -0.4 is 5.32 Å². The summed E-state index contributed by atoms with van der Waals surface area (Å²) >= 11 is 0. The second kappa shape index (κ2) is 5.83. The van der Waals surface area contributed by atoms with Crippen molar-refractivity contribution >= 4 is 17.9 Å². The maximum atomic E-state index is 11.9. The molecule has 1 fully saturated rings. The first-order chi connectivity index (χ1) is 8.77. The van der Waals surface area contributed by atoms with Crippen LogP contribution in [0, 0.1) is 0 Å². The average Bonchev–Trinajstić information content (AvgIpc) is 2.45. The van der Waals surface area contributed by atoms with Crippen LogP contribution in [0.3, 0.4) is 0 Å². The topological polar surface area (TPSA) is 90.0 Å². The summed E-state index contributed by atoms with van der Waals surface area (Å²) in [6.45, 7) is 7.50. The first kappa shape index (κ1) is 15.2. The number of rotatable bonds is 7. The zero-order chi connectivity index (χ0) is 14.6. The number of carboxylic acids is 1. The van der Waals surface area contributed by atoms with Crippen molar-refractivity contribution < 1.29 is 19.5 Å². The standard InChI is InChI=1S/C12H19N3O4/c1-4-5-14(8-9(16)17)6-7-15-10(18)12(2,3)13-11(15)19/h4H,1,5-8H2,2-3H3,(H,13,19)(H,16,17). The van der Waals surface area contributed by atoms with E-state index >= 15 is 0 Å². The van der Waals surface area contributed by atoms with E-state index < -0.39 is 17.5 Å². The van der Waals surface area contributed by atoms with Crippen molar-refractivity contribution in [3.63, 3.8) is 0 Å². The molecule has 7 heteroatoms. The number of carboxylic acid groups (broad SMARTS) is 1. The van der Waals surface area contributed by atoms with E-state index in [1.165, 1.54) is 0 Å². The maximum Gasteiger partial charge on any atom is 0.325 e. The zero-order valence-electron chi connectivity index (χ0n) is 11.2. The van der Waals surface area contributed by atoms with E-state index in [4.69, 9.17) is 5.11 Å². The van der Waals surface area contributed by atoms with Gasteiger partial charge < -0.3 is 10.4 Å². The maximum absolute atomic E-state index is 11.9. The summed E-state index contributed by atoms with van der Waals surface area (Å²) in [4.78, 5) is 36.9. The fourth-order valence-electron chi connectivity index (χ4n) is 1.87. The SMILES string of the molecule is C=CCN(CCN1C(=O)NC(C)(C)C1=O)CC(=O)O. The molecule has 1 aliphatic rings. The lowest BCUT2D eigenvalue weighted by Gasteiger charge is -2.21. The third-order valence-corrected chi connectivity index (χ3v) is 2.83. The van der Waals surface area contributed by atoms with E-state index in [9.17, 15) is 14.4 Å². The van der Waals surface area contributed by atoms with Gasteiger partial charge in [0.15, 0.2) is 0 Å². The van der Waals surface area contributed by atoms with Gasteiger partial charge in [-0.3, -0.25) is 19.4 Å². The molecule has 19 heavy (non-hydrogen) atoms. The minimum Gasteiger partial charge on any atom is -0.480 e. The molecule has 1 heterocycles. The van der Waals surface area contributed by atoms with Crippen molar-refractivity contribution in [1.29, 1.82) is 0 Å². The second-order valence-electron chi connectivity index (χ2n) is 4.93. The lowest BCUT2D eigenvalue weighted by atomic mass is 10.1. The third-order valence-electron chi connectivity index (χ3n) is 2.83. The molecule has 0 unspecified atom stereocenters. The van der Waals surface area contributed by atoms with E-state index in [0.717, 1.165) is 4.90 Å². The molecule has 7 nitrogen and oxygen atoms in total. The van der Waals surface area contributed by atoms with Crippen LogP contribution in [-0.4, -0.2) is 64.5 Å². The Labute approximate surface area is 111 Å². The van der Waals surface area contributed by atoms with Crippen LogP contribution in [0.2, 0.25) is 0 Å². The predicted octanol–water partition coefficient (Wildman–Crippen LogP) is -0.111. The normalized spacial score (nSPS) is 17.7. The molecule has 1 saturated heterocycles. The zero-order valence-corrected chi connectivity index (χ0v) is 11.2. The van der Waals surface area contributed by atoms with Gasteiger partial charge in [0.2, 0.25) is 0 Å². The molecule has 1 aliphatic heterocycles. The highest BCUT2D eigenvalue weighted by Gasteiger charge is 2.43. The van der Waals surface area contributed by atoms with Gasteiger partial charge in [-0.25, -0.2) is 4.79 Å². The number of carbonyl (C=O) groups excluding carboxylic acids is 2. The average molecular weight is 269 g/mol. The van der Waals surface area contributed by atoms with Gasteiger partial charge in [0.25, 0.3) is 5.91 Å². The fourth-order valence-corrected chi connectivity index (χ4v) is 1.87. The number of hydrogen-bond acceptors (Lipinski definition) is 4. The lowest BCUT2D eigenvalue weighted by Crippen LogP contribution is -2.42. The minimum atomic E-state index is -0.959. The van der Waals surface area contributed by atoms with E-state index in [0.29, 0.717) is 13.1 Å². The van der Waals surface area contributed by atoms with Crippen molar-refractivity contribution in [3.8, 4) is 0 Å². The summed E-state index contributed by atoms with van der Waals surface area (Å²) in [5, 5.41) is 11.3. The highest BCUT2D eigenvalue weighted by Crippen LogP contribution is 2.16. The Morgan fingerprint density at radius 2 is 2.16 bits per heavy atom. The van der Waals surface area contributed by atoms with Crippen molar-refractivity contribution in [3.05, 3.63) is 12.7 Å². The summed E-state index contributed by atoms with van der Waals surface area (Å²) in [5.41, 5.74) is -0.896. The van der Waals surface area contributed by atoms with Crippen LogP contribution in [0.4, 0.5) is 4.79 Å². The van der Waals surface area contributed by atoms with Crippen LogP contribution in [0.15, 0.2) is 12.7 Å².